The van der Waals surface area contributed by atoms with Gasteiger partial charge in [-0.25, -0.2) is 0 Å². The van der Waals surface area contributed by atoms with Gasteiger partial charge in [0.15, 0.2) is 0 Å². The van der Waals surface area contributed by atoms with Crippen LogP contribution in [0.4, 0.5) is 11.4 Å². The van der Waals surface area contributed by atoms with Gasteiger partial charge in [-0.15, -0.1) is 0 Å². The number of nitrogens with two attached hydrogens (primary N) is 2. The molecule has 0 bridgehead atoms. The fourth-order valence-electron chi connectivity index (χ4n) is 1.25. The standard InChI is InChI=1S/C9H13N3O2/c1-9(2,11)7-4-3-6(12(13)14)5-8(7)10/h3-5H,10-11H2,1-2H3. The van der Waals surface area contributed by atoms with Gasteiger partial charge in [0.2, 0.25) is 0 Å². The number of hydrogen-bond donors (Lipinski definition) is 2. The normalized spacial score (nSPS) is 11.4. The van der Waals surface area contributed by atoms with E-state index in [1.807, 2.05) is 0 Å². The highest BCUT2D eigenvalue weighted by Crippen LogP contribution is 2.26. The summed E-state index contributed by atoms with van der Waals surface area (Å²) < 4.78 is 0. The van der Waals surface area contributed by atoms with Gasteiger partial charge in [-0.2, -0.15) is 0 Å². The molecular formula is C9H13N3O2. The van der Waals surface area contributed by atoms with E-state index in [1.165, 1.54) is 12.1 Å². The number of nitrogen functional groups attached to an aromatic ring is 1. The molecule has 0 fully saturated rings. The zero-order chi connectivity index (χ0) is 10.9. The quantitative estimate of drug-likeness (QED) is 0.423. The second-order valence-electron chi connectivity index (χ2n) is 3.75. The van der Waals surface area contributed by atoms with Crippen LogP contribution in [0, 0.1) is 10.1 Å². The molecule has 14 heavy (non-hydrogen) atoms. The second-order valence-corrected chi connectivity index (χ2v) is 3.75. The van der Waals surface area contributed by atoms with Crippen LogP contribution in [0.1, 0.15) is 19.4 Å². The first-order valence-corrected chi connectivity index (χ1v) is 4.15. The maximum Gasteiger partial charge on any atom is 0.271 e. The number of nitro groups is 1. The number of rotatable bonds is 2. The summed E-state index contributed by atoms with van der Waals surface area (Å²) in [7, 11) is 0. The molecule has 1 aromatic rings. The average molecular weight is 195 g/mol. The Balaban J connectivity index is 3.21. The predicted octanol–water partition coefficient (Wildman–Crippen LogP) is 1.37. The van der Waals surface area contributed by atoms with E-state index in [4.69, 9.17) is 11.5 Å². The molecule has 0 aliphatic carbocycles. The topological polar surface area (TPSA) is 95.2 Å². The van der Waals surface area contributed by atoms with Gasteiger partial charge in [0.1, 0.15) is 0 Å². The molecule has 0 aliphatic heterocycles. The number of non-ortho nitro benzene ring substituents is 1. The van der Waals surface area contributed by atoms with Crippen molar-refractivity contribution < 1.29 is 4.92 Å². The van der Waals surface area contributed by atoms with E-state index in [0.29, 0.717) is 11.3 Å². The molecule has 0 atom stereocenters. The van der Waals surface area contributed by atoms with Crippen molar-refractivity contribution in [2.45, 2.75) is 19.4 Å². The van der Waals surface area contributed by atoms with E-state index in [1.54, 1.807) is 19.9 Å². The summed E-state index contributed by atoms with van der Waals surface area (Å²) in [5, 5.41) is 10.4. The first-order chi connectivity index (χ1) is 6.32. The number of benzene rings is 1. The molecule has 5 nitrogen and oxygen atoms in total. The molecule has 0 unspecified atom stereocenters. The third-order valence-electron chi connectivity index (χ3n) is 1.94. The number of nitrogens with zero attached hydrogens (tertiary/aromatic N) is 1. The molecule has 76 valence electrons. The largest absolute Gasteiger partial charge is 0.398 e. The molecule has 0 aliphatic rings. The van der Waals surface area contributed by atoms with E-state index in [0.717, 1.165) is 0 Å². The van der Waals surface area contributed by atoms with Crippen LogP contribution in [-0.2, 0) is 5.54 Å². The summed E-state index contributed by atoms with van der Waals surface area (Å²) >= 11 is 0. The zero-order valence-electron chi connectivity index (χ0n) is 8.15. The van der Waals surface area contributed by atoms with E-state index in [-0.39, 0.29) is 5.69 Å². The van der Waals surface area contributed by atoms with E-state index in [2.05, 4.69) is 0 Å². The first-order valence-electron chi connectivity index (χ1n) is 4.15. The molecule has 0 amide bonds. The van der Waals surface area contributed by atoms with Crippen LogP contribution < -0.4 is 11.5 Å². The van der Waals surface area contributed by atoms with Crippen LogP contribution >= 0.6 is 0 Å². The predicted molar refractivity (Wildman–Crippen MR) is 54.7 cm³/mol. The van der Waals surface area contributed by atoms with Gasteiger partial charge >= 0.3 is 0 Å². The Bertz CT molecular complexity index is 369. The second kappa shape index (κ2) is 3.26. The molecule has 5 heteroatoms. The Morgan fingerprint density at radius 3 is 2.36 bits per heavy atom. The maximum absolute atomic E-state index is 10.4. The van der Waals surface area contributed by atoms with Crippen LogP contribution in [0.5, 0.6) is 0 Å². The number of hydrogen-bond acceptors (Lipinski definition) is 4. The minimum Gasteiger partial charge on any atom is -0.398 e. The van der Waals surface area contributed by atoms with Gasteiger partial charge in [0, 0.05) is 23.4 Å². The molecule has 0 aromatic heterocycles. The van der Waals surface area contributed by atoms with Crippen LogP contribution in [0.15, 0.2) is 18.2 Å². The van der Waals surface area contributed by atoms with Gasteiger partial charge in [-0.3, -0.25) is 10.1 Å². The SMILES string of the molecule is CC(C)(N)c1ccc([N+](=O)[O-])cc1N. The fraction of sp³-hybridized carbons (Fsp3) is 0.333. The molecule has 4 N–H and O–H groups in total. The van der Waals surface area contributed by atoms with Crippen molar-refractivity contribution in [3.63, 3.8) is 0 Å². The van der Waals surface area contributed by atoms with E-state index < -0.39 is 10.5 Å². The van der Waals surface area contributed by atoms with E-state index >= 15 is 0 Å². The van der Waals surface area contributed by atoms with Crippen molar-refractivity contribution in [3.05, 3.63) is 33.9 Å². The third-order valence-corrected chi connectivity index (χ3v) is 1.94. The van der Waals surface area contributed by atoms with Gasteiger partial charge in [0.25, 0.3) is 5.69 Å². The third kappa shape index (κ3) is 2.00. The lowest BCUT2D eigenvalue weighted by Crippen LogP contribution is -2.29. The fourth-order valence-corrected chi connectivity index (χ4v) is 1.25. The Labute approximate surface area is 81.9 Å². The van der Waals surface area contributed by atoms with Gasteiger partial charge in [-0.05, 0) is 25.5 Å². The highest BCUT2D eigenvalue weighted by atomic mass is 16.6. The lowest BCUT2D eigenvalue weighted by molar-refractivity contribution is -0.384. The van der Waals surface area contributed by atoms with Crippen molar-refractivity contribution in [3.8, 4) is 0 Å². The summed E-state index contributed by atoms with van der Waals surface area (Å²) in [6, 6.07) is 4.32. The van der Waals surface area contributed by atoms with Gasteiger partial charge in [-0.1, -0.05) is 0 Å². The van der Waals surface area contributed by atoms with Crippen molar-refractivity contribution >= 4 is 11.4 Å². The summed E-state index contributed by atoms with van der Waals surface area (Å²) in [5.41, 5.74) is 12.0. The Hall–Kier alpha value is -1.62. The molecule has 1 aromatic carbocycles. The Morgan fingerprint density at radius 2 is 2.00 bits per heavy atom. The summed E-state index contributed by atoms with van der Waals surface area (Å²) in [6.45, 7) is 3.59. The van der Waals surface area contributed by atoms with Crippen molar-refractivity contribution in [1.29, 1.82) is 0 Å². The minimum absolute atomic E-state index is 0.0181. The molecule has 0 radical (unpaired) electrons. The van der Waals surface area contributed by atoms with E-state index in [9.17, 15) is 10.1 Å². The maximum atomic E-state index is 10.4. The van der Waals surface area contributed by atoms with Crippen LogP contribution in [0.2, 0.25) is 0 Å². The number of nitro benzene ring substituents is 1. The van der Waals surface area contributed by atoms with Crippen molar-refractivity contribution in [2.75, 3.05) is 5.73 Å². The Morgan fingerprint density at radius 1 is 1.43 bits per heavy atom. The van der Waals surface area contributed by atoms with Crippen molar-refractivity contribution in [1.82, 2.24) is 0 Å². The summed E-state index contributed by atoms with van der Waals surface area (Å²) in [4.78, 5) is 9.95. The molecule has 0 spiro atoms. The van der Waals surface area contributed by atoms with Crippen LogP contribution in [0.25, 0.3) is 0 Å². The highest BCUT2D eigenvalue weighted by Gasteiger charge is 2.19. The van der Waals surface area contributed by atoms with Crippen LogP contribution in [-0.4, -0.2) is 4.92 Å². The van der Waals surface area contributed by atoms with Crippen molar-refractivity contribution in [2.24, 2.45) is 5.73 Å². The Kier molecular flexibility index (Phi) is 2.44. The monoisotopic (exact) mass is 195 g/mol. The van der Waals surface area contributed by atoms with Crippen LogP contribution in [0.3, 0.4) is 0 Å². The average Bonchev–Trinajstić information content (AvgIpc) is 2.01. The molecule has 1 rings (SSSR count). The van der Waals surface area contributed by atoms with Gasteiger partial charge in [0.05, 0.1) is 4.92 Å². The molecular weight excluding hydrogens is 182 g/mol. The molecule has 0 heterocycles. The van der Waals surface area contributed by atoms with Gasteiger partial charge < -0.3 is 11.5 Å². The molecule has 0 saturated carbocycles. The highest BCUT2D eigenvalue weighted by molar-refractivity contribution is 5.56. The lowest BCUT2D eigenvalue weighted by Gasteiger charge is -2.20. The summed E-state index contributed by atoms with van der Waals surface area (Å²) in [5.74, 6) is 0. The number of anilines is 1. The zero-order valence-corrected chi connectivity index (χ0v) is 8.15. The molecule has 0 saturated heterocycles. The lowest BCUT2D eigenvalue weighted by atomic mass is 9.94. The first kappa shape index (κ1) is 10.5. The summed E-state index contributed by atoms with van der Waals surface area (Å²) in [6.07, 6.45) is 0. The smallest absolute Gasteiger partial charge is 0.271 e. The minimum atomic E-state index is -0.584.